The highest BCUT2D eigenvalue weighted by Crippen LogP contribution is 2.22. The minimum absolute atomic E-state index is 0.126. The molecule has 1 amide bonds. The Morgan fingerprint density at radius 3 is 2.42 bits per heavy atom. The number of likely N-dealkylation sites (tertiary alicyclic amines) is 1. The van der Waals surface area contributed by atoms with Gasteiger partial charge in [-0.05, 0) is 61.3 Å². The van der Waals surface area contributed by atoms with E-state index in [0.29, 0.717) is 31.8 Å². The van der Waals surface area contributed by atoms with E-state index < -0.39 is 10.1 Å². The molecular formula is C23H30BNO5S. The lowest BCUT2D eigenvalue weighted by molar-refractivity contribution is -0.131. The van der Waals surface area contributed by atoms with Gasteiger partial charge in [0, 0.05) is 13.1 Å². The molecule has 0 saturated carbocycles. The van der Waals surface area contributed by atoms with Gasteiger partial charge in [0.15, 0.2) is 0 Å². The second-order valence-electron chi connectivity index (χ2n) is 8.18. The quantitative estimate of drug-likeness (QED) is 0.460. The maximum absolute atomic E-state index is 12.7. The van der Waals surface area contributed by atoms with Gasteiger partial charge in [-0.1, -0.05) is 29.8 Å². The lowest BCUT2D eigenvalue weighted by Crippen LogP contribution is -2.39. The molecular weight excluding hydrogens is 413 g/mol. The van der Waals surface area contributed by atoms with Crippen LogP contribution < -0.4 is 10.2 Å². The van der Waals surface area contributed by atoms with E-state index in [-0.39, 0.29) is 17.4 Å². The molecule has 1 aliphatic heterocycles. The lowest BCUT2D eigenvalue weighted by Gasteiger charge is -2.32. The summed E-state index contributed by atoms with van der Waals surface area (Å²) in [5.74, 6) is 1.31. The van der Waals surface area contributed by atoms with Crippen LogP contribution >= 0.6 is 0 Å². The summed E-state index contributed by atoms with van der Waals surface area (Å²) in [6.45, 7) is 3.47. The summed E-state index contributed by atoms with van der Waals surface area (Å²) < 4.78 is 35.1. The smallest absolute Gasteiger partial charge is 0.296 e. The maximum Gasteiger partial charge on any atom is 0.296 e. The van der Waals surface area contributed by atoms with Crippen molar-refractivity contribution in [3.63, 3.8) is 0 Å². The van der Waals surface area contributed by atoms with Crippen LogP contribution in [0.15, 0.2) is 47.4 Å². The Hall–Kier alpha value is -2.32. The fourth-order valence-corrected chi connectivity index (χ4v) is 4.83. The van der Waals surface area contributed by atoms with Crippen molar-refractivity contribution in [2.24, 2.45) is 5.92 Å². The second-order valence-corrected chi connectivity index (χ2v) is 9.80. The van der Waals surface area contributed by atoms with Crippen molar-refractivity contribution in [2.75, 3.05) is 26.8 Å². The molecule has 0 bridgehead atoms. The predicted molar refractivity (Wildman–Crippen MR) is 123 cm³/mol. The van der Waals surface area contributed by atoms with Crippen LogP contribution in [0, 0.1) is 12.8 Å². The Morgan fingerprint density at radius 2 is 1.81 bits per heavy atom. The minimum Gasteiger partial charge on any atom is -0.497 e. The summed E-state index contributed by atoms with van der Waals surface area (Å²) >= 11 is 0. The SMILES string of the molecule is Bc1cc(CC(=O)N2CCC(CCOS(=O)(=O)c3ccc(C)cc3)CC2)ccc1OC. The number of hydrogen-bond acceptors (Lipinski definition) is 5. The van der Waals surface area contributed by atoms with E-state index in [9.17, 15) is 13.2 Å². The van der Waals surface area contributed by atoms with Gasteiger partial charge in [0.2, 0.25) is 5.91 Å². The summed E-state index contributed by atoms with van der Waals surface area (Å²) in [6.07, 6.45) is 2.78. The highest BCUT2D eigenvalue weighted by molar-refractivity contribution is 7.86. The molecule has 1 fully saturated rings. The second kappa shape index (κ2) is 10.3. The topological polar surface area (TPSA) is 72.9 Å². The van der Waals surface area contributed by atoms with Gasteiger partial charge in [-0.15, -0.1) is 0 Å². The Morgan fingerprint density at radius 1 is 1.13 bits per heavy atom. The number of piperidine rings is 1. The summed E-state index contributed by atoms with van der Waals surface area (Å²) in [5.41, 5.74) is 3.01. The van der Waals surface area contributed by atoms with Gasteiger partial charge in [-0.3, -0.25) is 8.98 Å². The number of nitrogens with zero attached hydrogens (tertiary/aromatic N) is 1. The van der Waals surface area contributed by atoms with Crippen LogP contribution in [0.3, 0.4) is 0 Å². The average molecular weight is 443 g/mol. The fraction of sp³-hybridized carbons (Fsp3) is 0.435. The highest BCUT2D eigenvalue weighted by Gasteiger charge is 2.24. The molecule has 2 aromatic rings. The Bertz CT molecular complexity index is 999. The Labute approximate surface area is 186 Å². The van der Waals surface area contributed by atoms with Crippen LogP contribution in [0.2, 0.25) is 0 Å². The van der Waals surface area contributed by atoms with Crippen LogP contribution in [-0.4, -0.2) is 53.9 Å². The van der Waals surface area contributed by atoms with E-state index in [1.165, 1.54) is 0 Å². The Kier molecular flexibility index (Phi) is 7.78. The van der Waals surface area contributed by atoms with Crippen molar-refractivity contribution in [1.82, 2.24) is 4.90 Å². The summed E-state index contributed by atoms with van der Waals surface area (Å²) in [4.78, 5) is 14.7. The van der Waals surface area contributed by atoms with Crippen molar-refractivity contribution < 1.29 is 22.1 Å². The first kappa shape index (κ1) is 23.4. The molecule has 166 valence electrons. The van der Waals surface area contributed by atoms with Crippen molar-refractivity contribution in [3.05, 3.63) is 53.6 Å². The molecule has 1 heterocycles. The summed E-state index contributed by atoms with van der Waals surface area (Å²) in [7, 11) is -0.108. The molecule has 1 aliphatic rings. The van der Waals surface area contributed by atoms with Crippen LogP contribution in [0.25, 0.3) is 0 Å². The van der Waals surface area contributed by atoms with Gasteiger partial charge in [-0.2, -0.15) is 8.42 Å². The van der Waals surface area contributed by atoms with Crippen molar-refractivity contribution in [3.8, 4) is 5.75 Å². The zero-order valence-electron chi connectivity index (χ0n) is 18.5. The first-order valence-corrected chi connectivity index (χ1v) is 12.1. The number of amides is 1. The number of aryl methyl sites for hydroxylation is 1. The number of hydrogen-bond donors (Lipinski definition) is 0. The standard InChI is InChI=1S/C23H30BNO5S/c1-17-3-6-20(7-4-17)31(27,28)30-14-11-18-9-12-25(13-10-18)23(26)16-19-5-8-22(29-2)21(24)15-19/h3-8,15,18H,9-14,16,24H2,1-2H3. The number of benzene rings is 2. The number of carbonyl (C=O) groups excluding carboxylic acids is 1. The third kappa shape index (κ3) is 6.34. The predicted octanol–water partition coefficient (Wildman–Crippen LogP) is 1.84. The summed E-state index contributed by atoms with van der Waals surface area (Å²) in [5, 5.41) is 0. The first-order chi connectivity index (χ1) is 14.8. The van der Waals surface area contributed by atoms with Gasteiger partial charge in [-0.25, -0.2) is 0 Å². The normalized spacial score (nSPS) is 15.1. The summed E-state index contributed by atoms with van der Waals surface area (Å²) in [6, 6.07) is 12.5. The van der Waals surface area contributed by atoms with E-state index in [0.717, 1.165) is 35.2 Å². The van der Waals surface area contributed by atoms with Crippen LogP contribution in [-0.2, 0) is 25.5 Å². The monoisotopic (exact) mass is 443 g/mol. The number of carbonyl (C=O) groups is 1. The van der Waals surface area contributed by atoms with Crippen LogP contribution in [0.4, 0.5) is 0 Å². The highest BCUT2D eigenvalue weighted by atomic mass is 32.2. The van der Waals surface area contributed by atoms with Gasteiger partial charge in [0.25, 0.3) is 10.1 Å². The molecule has 8 heteroatoms. The van der Waals surface area contributed by atoms with Crippen LogP contribution in [0.5, 0.6) is 5.75 Å². The van der Waals surface area contributed by atoms with Gasteiger partial charge in [0.05, 0.1) is 25.0 Å². The van der Waals surface area contributed by atoms with Gasteiger partial charge >= 0.3 is 0 Å². The van der Waals surface area contributed by atoms with E-state index >= 15 is 0 Å². The molecule has 3 rings (SSSR count). The molecule has 6 nitrogen and oxygen atoms in total. The number of methoxy groups -OCH3 is 1. The molecule has 1 saturated heterocycles. The molecule has 0 aromatic heterocycles. The fourth-order valence-electron chi connectivity index (χ4n) is 3.91. The first-order valence-electron chi connectivity index (χ1n) is 10.7. The molecule has 31 heavy (non-hydrogen) atoms. The molecule has 0 atom stereocenters. The van der Waals surface area contributed by atoms with Crippen molar-refractivity contribution >= 4 is 29.3 Å². The van der Waals surface area contributed by atoms with E-state index in [1.807, 2.05) is 37.9 Å². The average Bonchev–Trinajstić information content (AvgIpc) is 2.74. The number of ether oxygens (including phenoxy) is 1. The van der Waals surface area contributed by atoms with Gasteiger partial charge < -0.3 is 9.64 Å². The molecule has 0 spiro atoms. The van der Waals surface area contributed by atoms with Gasteiger partial charge in [0.1, 0.15) is 13.6 Å². The van der Waals surface area contributed by atoms with Crippen molar-refractivity contribution in [1.29, 1.82) is 0 Å². The van der Waals surface area contributed by atoms with E-state index in [2.05, 4.69) is 0 Å². The molecule has 2 aromatic carbocycles. The van der Waals surface area contributed by atoms with Crippen molar-refractivity contribution in [2.45, 2.75) is 37.5 Å². The Balaban J connectivity index is 1.42. The zero-order valence-corrected chi connectivity index (χ0v) is 19.3. The molecule has 0 unspecified atom stereocenters. The number of rotatable bonds is 8. The third-order valence-corrected chi connectivity index (χ3v) is 7.18. The largest absolute Gasteiger partial charge is 0.497 e. The van der Waals surface area contributed by atoms with E-state index in [4.69, 9.17) is 8.92 Å². The molecule has 0 N–H and O–H groups in total. The molecule has 0 radical (unpaired) electrons. The van der Waals surface area contributed by atoms with E-state index in [1.54, 1.807) is 31.4 Å². The third-order valence-electron chi connectivity index (χ3n) is 5.86. The zero-order chi connectivity index (χ0) is 22.4. The minimum atomic E-state index is -3.72. The lowest BCUT2D eigenvalue weighted by atomic mass is 9.91. The van der Waals surface area contributed by atoms with Crippen LogP contribution in [0.1, 0.15) is 30.4 Å². The molecule has 0 aliphatic carbocycles. The maximum atomic E-state index is 12.7.